The molecule has 0 spiro atoms. The molecule has 5 nitrogen and oxygen atoms in total. The first-order chi connectivity index (χ1) is 8.45. The second kappa shape index (κ2) is 6.37. The molecule has 5 N–H and O–H groups in total. The minimum Gasteiger partial charge on any atom is -0.366 e. The van der Waals surface area contributed by atoms with Crippen molar-refractivity contribution >= 4 is 29.1 Å². The van der Waals surface area contributed by atoms with Gasteiger partial charge in [-0.1, -0.05) is 24.9 Å². The molecule has 0 saturated heterocycles. The third kappa shape index (κ3) is 3.72. The maximum atomic E-state index is 11.7. The normalized spacial score (nSPS) is 11.9. The fraction of sp³-hybridized carbons (Fsp3) is 0.333. The van der Waals surface area contributed by atoms with Crippen molar-refractivity contribution in [1.82, 2.24) is 0 Å². The summed E-state index contributed by atoms with van der Waals surface area (Å²) in [6, 6.07) is 3.83. The Hall–Kier alpha value is -1.59. The van der Waals surface area contributed by atoms with Crippen molar-refractivity contribution in [3.63, 3.8) is 0 Å². The fourth-order valence-electron chi connectivity index (χ4n) is 1.44. The van der Waals surface area contributed by atoms with E-state index < -0.39 is 11.9 Å². The Morgan fingerprint density at radius 1 is 1.44 bits per heavy atom. The summed E-state index contributed by atoms with van der Waals surface area (Å²) in [5, 5.41) is 2.92. The summed E-state index contributed by atoms with van der Waals surface area (Å²) >= 11 is 5.92. The molecule has 1 aromatic carbocycles. The van der Waals surface area contributed by atoms with Gasteiger partial charge in [0.25, 0.3) is 0 Å². The summed E-state index contributed by atoms with van der Waals surface area (Å²) in [5.74, 6) is -0.916. The van der Waals surface area contributed by atoms with Crippen LogP contribution in [0.2, 0.25) is 5.02 Å². The molecule has 98 valence electrons. The topological polar surface area (TPSA) is 98.2 Å². The van der Waals surface area contributed by atoms with Crippen LogP contribution in [0.3, 0.4) is 0 Å². The van der Waals surface area contributed by atoms with E-state index in [1.54, 1.807) is 0 Å². The first-order valence-electron chi connectivity index (χ1n) is 5.61. The van der Waals surface area contributed by atoms with Gasteiger partial charge in [-0.05, 0) is 24.6 Å². The van der Waals surface area contributed by atoms with Gasteiger partial charge in [-0.15, -0.1) is 0 Å². The van der Waals surface area contributed by atoms with Crippen LogP contribution in [0.15, 0.2) is 18.2 Å². The summed E-state index contributed by atoms with van der Waals surface area (Å²) < 4.78 is 0. The highest BCUT2D eigenvalue weighted by molar-refractivity contribution is 6.34. The summed E-state index contributed by atoms with van der Waals surface area (Å²) in [4.78, 5) is 22.8. The van der Waals surface area contributed by atoms with Crippen molar-refractivity contribution in [3.8, 4) is 0 Å². The van der Waals surface area contributed by atoms with Gasteiger partial charge in [-0.25, -0.2) is 0 Å². The van der Waals surface area contributed by atoms with Gasteiger partial charge in [-0.3, -0.25) is 9.59 Å². The van der Waals surface area contributed by atoms with E-state index in [0.29, 0.717) is 17.1 Å². The number of halogens is 1. The standard InChI is InChI=1S/C12H16ClN3O2/c1-2-3-9(14)12(18)16-10-6-7(11(15)17)4-5-8(10)13/h4-6,9H,2-3,14H2,1H3,(H2,15,17)(H,16,18)/t9-/m1/s1. The van der Waals surface area contributed by atoms with Crippen molar-refractivity contribution in [3.05, 3.63) is 28.8 Å². The molecule has 1 aromatic rings. The van der Waals surface area contributed by atoms with E-state index in [4.69, 9.17) is 23.1 Å². The molecule has 18 heavy (non-hydrogen) atoms. The molecule has 0 fully saturated rings. The molecule has 0 unspecified atom stereocenters. The number of nitrogens with one attached hydrogen (secondary N) is 1. The van der Waals surface area contributed by atoms with E-state index in [1.165, 1.54) is 18.2 Å². The maximum Gasteiger partial charge on any atom is 0.248 e. The number of hydrogen-bond donors (Lipinski definition) is 3. The monoisotopic (exact) mass is 269 g/mol. The lowest BCUT2D eigenvalue weighted by atomic mass is 10.1. The molecule has 0 aliphatic heterocycles. The first kappa shape index (κ1) is 14.5. The van der Waals surface area contributed by atoms with E-state index in [0.717, 1.165) is 6.42 Å². The average molecular weight is 270 g/mol. The van der Waals surface area contributed by atoms with Gasteiger partial charge in [0, 0.05) is 5.56 Å². The Morgan fingerprint density at radius 3 is 2.67 bits per heavy atom. The molecule has 2 amide bonds. The van der Waals surface area contributed by atoms with Crippen LogP contribution in [-0.2, 0) is 4.79 Å². The lowest BCUT2D eigenvalue weighted by Crippen LogP contribution is -2.35. The predicted octanol–water partition coefficient (Wildman–Crippen LogP) is 1.50. The number of benzene rings is 1. The largest absolute Gasteiger partial charge is 0.366 e. The lowest BCUT2D eigenvalue weighted by molar-refractivity contribution is -0.117. The molecule has 0 aliphatic rings. The zero-order valence-corrected chi connectivity index (χ0v) is 10.8. The molecular weight excluding hydrogens is 254 g/mol. The number of rotatable bonds is 5. The highest BCUT2D eigenvalue weighted by atomic mass is 35.5. The van der Waals surface area contributed by atoms with Crippen molar-refractivity contribution in [1.29, 1.82) is 0 Å². The molecule has 0 aliphatic carbocycles. The van der Waals surface area contributed by atoms with Crippen LogP contribution < -0.4 is 16.8 Å². The number of anilines is 1. The average Bonchev–Trinajstić information content (AvgIpc) is 2.31. The second-order valence-corrected chi connectivity index (χ2v) is 4.35. The van der Waals surface area contributed by atoms with Crippen molar-refractivity contribution in [2.45, 2.75) is 25.8 Å². The van der Waals surface area contributed by atoms with E-state index in [2.05, 4.69) is 5.32 Å². The highest BCUT2D eigenvalue weighted by Crippen LogP contribution is 2.23. The number of carbonyl (C=O) groups is 2. The van der Waals surface area contributed by atoms with E-state index >= 15 is 0 Å². The van der Waals surface area contributed by atoms with Crippen LogP contribution in [0.4, 0.5) is 5.69 Å². The smallest absolute Gasteiger partial charge is 0.248 e. The second-order valence-electron chi connectivity index (χ2n) is 3.94. The van der Waals surface area contributed by atoms with E-state index in [-0.39, 0.29) is 11.5 Å². The number of primary amides is 1. The van der Waals surface area contributed by atoms with Crippen LogP contribution >= 0.6 is 11.6 Å². The summed E-state index contributed by atoms with van der Waals surface area (Å²) in [6.45, 7) is 1.94. The van der Waals surface area contributed by atoms with Gasteiger partial charge in [0.05, 0.1) is 16.8 Å². The Balaban J connectivity index is 2.86. The fourth-order valence-corrected chi connectivity index (χ4v) is 1.61. The van der Waals surface area contributed by atoms with Crippen LogP contribution in [-0.4, -0.2) is 17.9 Å². The Kier molecular flexibility index (Phi) is 5.12. The minimum absolute atomic E-state index is 0.277. The van der Waals surface area contributed by atoms with E-state index in [1.807, 2.05) is 6.92 Å². The van der Waals surface area contributed by atoms with Crippen LogP contribution in [0.25, 0.3) is 0 Å². The number of amides is 2. The molecule has 0 aromatic heterocycles. The van der Waals surface area contributed by atoms with Gasteiger partial charge in [0.1, 0.15) is 0 Å². The molecule has 0 heterocycles. The summed E-state index contributed by atoms with van der Waals surface area (Å²) in [6.07, 6.45) is 1.39. The van der Waals surface area contributed by atoms with Crippen molar-refractivity contribution in [2.24, 2.45) is 11.5 Å². The van der Waals surface area contributed by atoms with Gasteiger partial charge < -0.3 is 16.8 Å². The molecule has 1 rings (SSSR count). The molecule has 1 atom stereocenters. The highest BCUT2D eigenvalue weighted by Gasteiger charge is 2.14. The number of carbonyl (C=O) groups excluding carboxylic acids is 2. The SMILES string of the molecule is CCC[C@@H](N)C(=O)Nc1cc(C(N)=O)ccc1Cl. The Labute approximate surface area is 110 Å². The Morgan fingerprint density at radius 2 is 2.11 bits per heavy atom. The maximum absolute atomic E-state index is 11.7. The Bertz CT molecular complexity index is 463. The molecule has 6 heteroatoms. The van der Waals surface area contributed by atoms with Gasteiger partial charge >= 0.3 is 0 Å². The zero-order chi connectivity index (χ0) is 13.7. The molecular formula is C12H16ClN3O2. The third-order valence-electron chi connectivity index (χ3n) is 2.45. The zero-order valence-electron chi connectivity index (χ0n) is 10.1. The summed E-state index contributed by atoms with van der Waals surface area (Å²) in [7, 11) is 0. The predicted molar refractivity (Wildman–Crippen MR) is 71.5 cm³/mol. The first-order valence-corrected chi connectivity index (χ1v) is 5.99. The van der Waals surface area contributed by atoms with Crippen LogP contribution in [0.1, 0.15) is 30.1 Å². The molecule has 0 bridgehead atoms. The molecule has 0 saturated carbocycles. The van der Waals surface area contributed by atoms with Gasteiger partial charge in [0.2, 0.25) is 11.8 Å². The number of nitrogens with two attached hydrogens (primary N) is 2. The quantitative estimate of drug-likeness (QED) is 0.755. The third-order valence-corrected chi connectivity index (χ3v) is 2.77. The van der Waals surface area contributed by atoms with Gasteiger partial charge in [0.15, 0.2) is 0 Å². The molecule has 0 radical (unpaired) electrons. The number of hydrogen-bond acceptors (Lipinski definition) is 3. The lowest BCUT2D eigenvalue weighted by Gasteiger charge is -2.12. The van der Waals surface area contributed by atoms with Crippen LogP contribution in [0, 0.1) is 0 Å². The summed E-state index contributed by atoms with van der Waals surface area (Å²) in [5.41, 5.74) is 11.4. The van der Waals surface area contributed by atoms with Crippen molar-refractivity contribution < 1.29 is 9.59 Å². The minimum atomic E-state index is -0.594. The van der Waals surface area contributed by atoms with Crippen molar-refractivity contribution in [2.75, 3.05) is 5.32 Å². The van der Waals surface area contributed by atoms with E-state index in [9.17, 15) is 9.59 Å². The van der Waals surface area contributed by atoms with Gasteiger partial charge in [-0.2, -0.15) is 0 Å². The van der Waals surface area contributed by atoms with Crippen LogP contribution in [0.5, 0.6) is 0 Å².